The number of unbranched alkanes of at least 4 members (excludes halogenated alkanes) is 1. The summed E-state index contributed by atoms with van der Waals surface area (Å²) in [5.74, 6) is -2.82. The maximum Gasteiger partial charge on any atom is 0.317 e. The first-order valence-corrected chi connectivity index (χ1v) is 11.5. The highest BCUT2D eigenvalue weighted by atomic mass is 16.5. The zero-order valence-electron chi connectivity index (χ0n) is 19.9. The minimum absolute atomic E-state index is 0.0962. The lowest BCUT2D eigenvalue weighted by Crippen LogP contribution is -2.48. The largest absolute Gasteiger partial charge is 0.487 e. The van der Waals surface area contributed by atoms with Crippen molar-refractivity contribution in [3.8, 4) is 5.75 Å². The minimum atomic E-state index is -1.15. The van der Waals surface area contributed by atoms with Crippen LogP contribution in [0.15, 0.2) is 48.7 Å². The number of carbonyl (C=O) groups is 3. The van der Waals surface area contributed by atoms with Crippen LogP contribution in [0.5, 0.6) is 5.75 Å². The van der Waals surface area contributed by atoms with Gasteiger partial charge in [0.05, 0.1) is 25.3 Å². The first-order valence-electron chi connectivity index (χ1n) is 11.5. The van der Waals surface area contributed by atoms with Gasteiger partial charge in [0.15, 0.2) is 0 Å². The molecule has 2 rings (SSSR count). The van der Waals surface area contributed by atoms with Crippen molar-refractivity contribution in [2.24, 2.45) is 0 Å². The van der Waals surface area contributed by atoms with Gasteiger partial charge >= 0.3 is 17.9 Å². The Morgan fingerprint density at radius 3 is 2.20 bits per heavy atom. The predicted octanol–water partition coefficient (Wildman–Crippen LogP) is 2.58. The van der Waals surface area contributed by atoms with Gasteiger partial charge in [0.25, 0.3) is 0 Å². The number of pyridine rings is 1. The van der Waals surface area contributed by atoms with E-state index in [0.717, 1.165) is 18.4 Å². The predicted molar refractivity (Wildman–Crippen MR) is 128 cm³/mol. The van der Waals surface area contributed by atoms with Crippen molar-refractivity contribution in [2.75, 3.05) is 26.2 Å². The van der Waals surface area contributed by atoms with Crippen LogP contribution in [0.2, 0.25) is 0 Å². The lowest BCUT2D eigenvalue weighted by atomic mass is 10.1. The molecule has 1 unspecified atom stereocenters. The lowest BCUT2D eigenvalue weighted by molar-refractivity contribution is -0.144. The van der Waals surface area contributed by atoms with Crippen LogP contribution in [-0.2, 0) is 27.5 Å². The molecule has 0 aliphatic rings. The summed E-state index contributed by atoms with van der Waals surface area (Å²) in [5.41, 5.74) is 1.53. The van der Waals surface area contributed by atoms with Crippen molar-refractivity contribution in [3.05, 3.63) is 59.9 Å². The number of carboxylic acid groups (broad SMARTS) is 3. The quantitative estimate of drug-likeness (QED) is 0.305. The maximum absolute atomic E-state index is 11.7. The Bertz CT molecular complexity index is 939. The number of carboxylic acids is 3. The van der Waals surface area contributed by atoms with E-state index in [9.17, 15) is 29.7 Å². The van der Waals surface area contributed by atoms with E-state index in [2.05, 4.69) is 4.98 Å². The second kappa shape index (κ2) is 14.7. The van der Waals surface area contributed by atoms with E-state index in [-0.39, 0.29) is 19.6 Å². The van der Waals surface area contributed by atoms with E-state index in [1.54, 1.807) is 23.2 Å². The molecule has 0 spiro atoms. The van der Waals surface area contributed by atoms with E-state index in [4.69, 9.17) is 4.74 Å². The highest BCUT2D eigenvalue weighted by Crippen LogP contribution is 2.22. The molecular formula is C25H33N3O7. The normalized spacial score (nSPS) is 12.0. The molecule has 0 saturated carbocycles. The van der Waals surface area contributed by atoms with Gasteiger partial charge in [-0.3, -0.25) is 29.2 Å². The first-order chi connectivity index (χ1) is 16.8. The number of ether oxygens (including phenoxy) is 1. The highest BCUT2D eigenvalue weighted by Gasteiger charge is 2.26. The Labute approximate surface area is 204 Å². The van der Waals surface area contributed by atoms with E-state index >= 15 is 0 Å². The summed E-state index contributed by atoms with van der Waals surface area (Å²) in [7, 11) is 0. The Morgan fingerprint density at radius 1 is 0.943 bits per heavy atom. The molecule has 0 amide bonds. The Balaban J connectivity index is 2.26. The van der Waals surface area contributed by atoms with Gasteiger partial charge in [0, 0.05) is 25.3 Å². The molecule has 2 aromatic rings. The monoisotopic (exact) mass is 487 g/mol. The molecule has 10 nitrogen and oxygen atoms in total. The van der Waals surface area contributed by atoms with Gasteiger partial charge in [-0.05, 0) is 24.1 Å². The molecule has 10 heteroatoms. The second-order valence-electron chi connectivity index (χ2n) is 8.27. The number of nitrogens with zero attached hydrogens (tertiary/aromatic N) is 3. The van der Waals surface area contributed by atoms with Gasteiger partial charge in [-0.1, -0.05) is 50.1 Å². The standard InChI is InChI=1S/C25H33N3O7/c1-2-3-10-20(13-27(15-23(29)30)16-24(31)32)28(17-25(33)34)14-21-22(11-7-12-26-21)35-18-19-8-5-4-6-9-19/h4-9,11-12,20H,2-3,10,13-18H2,1H3,(H,29,30)(H,31,32)(H,33,34). The number of aliphatic carboxylic acids is 3. The van der Waals surface area contributed by atoms with Gasteiger partial charge in [0.2, 0.25) is 0 Å². The van der Waals surface area contributed by atoms with Crippen molar-refractivity contribution < 1.29 is 34.4 Å². The summed E-state index contributed by atoms with van der Waals surface area (Å²) in [6, 6.07) is 12.7. The van der Waals surface area contributed by atoms with Crippen LogP contribution in [0.1, 0.15) is 37.4 Å². The Morgan fingerprint density at radius 2 is 1.60 bits per heavy atom. The summed E-state index contributed by atoms with van der Waals surface area (Å²) >= 11 is 0. The third-order valence-electron chi connectivity index (χ3n) is 5.37. The van der Waals surface area contributed by atoms with Crippen LogP contribution in [0.3, 0.4) is 0 Å². The summed E-state index contributed by atoms with van der Waals surface area (Å²) < 4.78 is 5.97. The van der Waals surface area contributed by atoms with E-state index in [1.165, 1.54) is 4.90 Å². The van der Waals surface area contributed by atoms with Crippen LogP contribution in [0.4, 0.5) is 0 Å². The number of rotatable bonds is 17. The molecular weight excluding hydrogens is 454 g/mol. The molecule has 1 aromatic heterocycles. The lowest BCUT2D eigenvalue weighted by Gasteiger charge is -2.34. The van der Waals surface area contributed by atoms with Crippen LogP contribution in [0, 0.1) is 0 Å². The first kappa shape index (κ1) is 27.7. The number of hydrogen-bond donors (Lipinski definition) is 3. The number of aromatic nitrogens is 1. The molecule has 1 heterocycles. The number of hydrogen-bond acceptors (Lipinski definition) is 7. The highest BCUT2D eigenvalue weighted by molar-refractivity contribution is 5.72. The molecule has 1 aromatic carbocycles. The SMILES string of the molecule is CCCCC(CN(CC(=O)O)CC(=O)O)N(CC(=O)O)Cc1ncccc1OCc1ccccc1. The third kappa shape index (κ3) is 10.5. The molecule has 0 saturated heterocycles. The van der Waals surface area contributed by atoms with Crippen molar-refractivity contribution in [3.63, 3.8) is 0 Å². The Hall–Kier alpha value is -3.50. The number of benzene rings is 1. The molecule has 190 valence electrons. The van der Waals surface area contributed by atoms with Gasteiger partial charge in [-0.25, -0.2) is 0 Å². The molecule has 0 fully saturated rings. The zero-order chi connectivity index (χ0) is 25.6. The zero-order valence-corrected chi connectivity index (χ0v) is 19.9. The van der Waals surface area contributed by atoms with Crippen LogP contribution >= 0.6 is 0 Å². The fourth-order valence-corrected chi connectivity index (χ4v) is 3.78. The average Bonchev–Trinajstić information content (AvgIpc) is 2.80. The van der Waals surface area contributed by atoms with Crippen molar-refractivity contribution in [1.29, 1.82) is 0 Å². The molecule has 0 aliphatic heterocycles. The van der Waals surface area contributed by atoms with E-state index in [1.807, 2.05) is 37.3 Å². The van der Waals surface area contributed by atoms with Crippen LogP contribution in [-0.4, -0.2) is 80.2 Å². The Kier molecular flexibility index (Phi) is 11.6. The van der Waals surface area contributed by atoms with Crippen LogP contribution in [0.25, 0.3) is 0 Å². The van der Waals surface area contributed by atoms with E-state index < -0.39 is 37.0 Å². The van der Waals surface area contributed by atoms with Crippen LogP contribution < -0.4 is 4.74 Å². The van der Waals surface area contributed by atoms with Gasteiger partial charge in [-0.2, -0.15) is 0 Å². The van der Waals surface area contributed by atoms with Crippen molar-refractivity contribution in [1.82, 2.24) is 14.8 Å². The summed E-state index contributed by atoms with van der Waals surface area (Å²) in [6.07, 6.45) is 3.80. The fraction of sp³-hybridized carbons (Fsp3) is 0.440. The molecule has 35 heavy (non-hydrogen) atoms. The van der Waals surface area contributed by atoms with Crippen molar-refractivity contribution in [2.45, 2.75) is 45.4 Å². The molecule has 3 N–H and O–H groups in total. The van der Waals surface area contributed by atoms with Gasteiger partial charge in [0.1, 0.15) is 12.4 Å². The molecule has 0 bridgehead atoms. The maximum atomic E-state index is 11.7. The van der Waals surface area contributed by atoms with E-state index in [0.29, 0.717) is 24.5 Å². The smallest absolute Gasteiger partial charge is 0.317 e. The summed E-state index contributed by atoms with van der Waals surface area (Å²) in [4.78, 5) is 41.7. The summed E-state index contributed by atoms with van der Waals surface area (Å²) in [5, 5.41) is 28.0. The second-order valence-corrected chi connectivity index (χ2v) is 8.27. The minimum Gasteiger partial charge on any atom is -0.487 e. The average molecular weight is 488 g/mol. The topological polar surface area (TPSA) is 140 Å². The van der Waals surface area contributed by atoms with Crippen molar-refractivity contribution >= 4 is 17.9 Å². The third-order valence-corrected chi connectivity index (χ3v) is 5.37. The van der Waals surface area contributed by atoms with Gasteiger partial charge in [-0.15, -0.1) is 0 Å². The fourth-order valence-electron chi connectivity index (χ4n) is 3.78. The molecule has 0 radical (unpaired) electrons. The van der Waals surface area contributed by atoms with Gasteiger partial charge < -0.3 is 20.1 Å². The summed E-state index contributed by atoms with van der Waals surface area (Å²) in [6.45, 7) is 1.35. The molecule has 0 aliphatic carbocycles. The molecule has 1 atom stereocenters.